The molecule has 0 atom stereocenters. The summed E-state index contributed by atoms with van der Waals surface area (Å²) in [4.78, 5) is 17.3. The van der Waals surface area contributed by atoms with Gasteiger partial charge in [0.1, 0.15) is 0 Å². The minimum absolute atomic E-state index is 0.125. The van der Waals surface area contributed by atoms with E-state index in [1.165, 1.54) is 16.3 Å². The van der Waals surface area contributed by atoms with Gasteiger partial charge in [-0.15, -0.1) is 0 Å². The molecule has 1 aliphatic rings. The summed E-state index contributed by atoms with van der Waals surface area (Å²) in [7, 11) is 0. The molecule has 0 saturated heterocycles. The van der Waals surface area contributed by atoms with Gasteiger partial charge in [0.2, 0.25) is 0 Å². The first-order valence-corrected chi connectivity index (χ1v) is 8.42. The van der Waals surface area contributed by atoms with Crippen LogP contribution in [-0.4, -0.2) is 15.3 Å². The topological polar surface area (TPSA) is 34.9 Å². The number of fused-ring (bicyclic) bond motifs is 2. The van der Waals surface area contributed by atoms with Gasteiger partial charge in [-0.2, -0.15) is 0 Å². The van der Waals surface area contributed by atoms with Crippen LogP contribution in [0.3, 0.4) is 0 Å². The van der Waals surface area contributed by atoms with Gasteiger partial charge in [0.25, 0.3) is 5.56 Å². The van der Waals surface area contributed by atoms with Gasteiger partial charge in [-0.25, -0.2) is 4.98 Å². The molecule has 1 aromatic heterocycles. The fourth-order valence-electron chi connectivity index (χ4n) is 3.05. The molecule has 0 unspecified atom stereocenters. The molecule has 2 aromatic carbocycles. The van der Waals surface area contributed by atoms with E-state index < -0.39 is 0 Å². The highest BCUT2D eigenvalue weighted by molar-refractivity contribution is 7.99. The molecule has 0 aliphatic carbocycles. The number of rotatable bonds is 2. The summed E-state index contributed by atoms with van der Waals surface area (Å²) in [5.41, 5.74) is 2.99. The van der Waals surface area contributed by atoms with Crippen molar-refractivity contribution in [2.24, 2.45) is 0 Å². The smallest absolute Gasteiger partial charge is 0.257 e. The van der Waals surface area contributed by atoms with E-state index in [0.29, 0.717) is 6.42 Å². The van der Waals surface area contributed by atoms with Crippen molar-refractivity contribution in [2.75, 3.05) is 5.75 Å². The third kappa shape index (κ3) is 2.15. The summed E-state index contributed by atoms with van der Waals surface area (Å²) in [5.74, 6) is 0.944. The van der Waals surface area contributed by atoms with Gasteiger partial charge in [0, 0.05) is 30.0 Å². The lowest BCUT2D eigenvalue weighted by molar-refractivity contribution is 0.638. The third-order valence-corrected chi connectivity index (χ3v) is 5.18. The van der Waals surface area contributed by atoms with Crippen LogP contribution in [0, 0.1) is 6.92 Å². The predicted octanol–water partition coefficient (Wildman–Crippen LogP) is 3.40. The Morgan fingerprint density at radius 3 is 2.91 bits per heavy atom. The normalized spacial score (nSPS) is 13.5. The Morgan fingerprint density at radius 1 is 1.18 bits per heavy atom. The fraction of sp³-hybridized carbons (Fsp3) is 0.222. The van der Waals surface area contributed by atoms with Crippen LogP contribution >= 0.6 is 11.8 Å². The maximum Gasteiger partial charge on any atom is 0.257 e. The van der Waals surface area contributed by atoms with Crippen molar-refractivity contribution in [1.29, 1.82) is 0 Å². The summed E-state index contributed by atoms with van der Waals surface area (Å²) in [6, 6.07) is 14.6. The molecular weight excluding hydrogens is 292 g/mol. The monoisotopic (exact) mass is 308 g/mol. The van der Waals surface area contributed by atoms with Crippen LogP contribution in [0.25, 0.3) is 10.8 Å². The van der Waals surface area contributed by atoms with Gasteiger partial charge >= 0.3 is 0 Å². The van der Waals surface area contributed by atoms with E-state index in [1.54, 1.807) is 11.8 Å². The second-order valence-electron chi connectivity index (χ2n) is 5.58. The zero-order valence-corrected chi connectivity index (χ0v) is 13.2. The van der Waals surface area contributed by atoms with Crippen molar-refractivity contribution in [2.45, 2.75) is 25.0 Å². The average Bonchev–Trinajstić information content (AvgIpc) is 3.00. The number of nitrogens with zero attached hydrogens (tertiary/aromatic N) is 2. The number of hydrogen-bond donors (Lipinski definition) is 0. The van der Waals surface area contributed by atoms with Crippen molar-refractivity contribution in [3.8, 4) is 0 Å². The molecule has 1 aliphatic heterocycles. The van der Waals surface area contributed by atoms with E-state index in [2.05, 4.69) is 35.3 Å². The van der Waals surface area contributed by atoms with E-state index >= 15 is 0 Å². The average molecular weight is 308 g/mol. The van der Waals surface area contributed by atoms with E-state index in [1.807, 2.05) is 23.6 Å². The van der Waals surface area contributed by atoms with Crippen molar-refractivity contribution >= 4 is 22.5 Å². The Labute approximate surface area is 133 Å². The first kappa shape index (κ1) is 13.6. The number of aromatic nitrogens is 2. The van der Waals surface area contributed by atoms with Gasteiger partial charge in [-0.05, 0) is 23.3 Å². The first-order chi connectivity index (χ1) is 10.7. The molecule has 0 amide bonds. The molecular formula is C18H16N2OS. The van der Waals surface area contributed by atoms with Crippen LogP contribution < -0.4 is 5.56 Å². The second-order valence-corrected chi connectivity index (χ2v) is 6.64. The van der Waals surface area contributed by atoms with Crippen LogP contribution in [-0.2, 0) is 13.0 Å². The molecule has 3 aromatic rings. The standard InChI is InChI=1S/C18H16N2OS/c1-12-16(17(21)20-9-10-22-18(20)19-12)11-14-7-4-6-13-5-2-3-8-15(13)14/h2-8H,9-11H2,1H3. The third-order valence-electron chi connectivity index (χ3n) is 4.23. The summed E-state index contributed by atoms with van der Waals surface area (Å²) < 4.78 is 1.82. The Kier molecular flexibility index (Phi) is 3.26. The SMILES string of the molecule is Cc1nc2n(c(=O)c1Cc1cccc3ccccc13)CCS2. The van der Waals surface area contributed by atoms with Gasteiger partial charge in [-0.3, -0.25) is 9.36 Å². The van der Waals surface area contributed by atoms with Crippen LogP contribution in [0.2, 0.25) is 0 Å². The van der Waals surface area contributed by atoms with E-state index in [0.717, 1.165) is 28.7 Å². The molecule has 0 fully saturated rings. The van der Waals surface area contributed by atoms with Gasteiger partial charge in [-0.1, -0.05) is 54.2 Å². The van der Waals surface area contributed by atoms with Crippen molar-refractivity contribution < 1.29 is 0 Å². The summed E-state index contributed by atoms with van der Waals surface area (Å²) >= 11 is 1.67. The first-order valence-electron chi connectivity index (χ1n) is 7.44. The Bertz CT molecular complexity index is 925. The molecule has 22 heavy (non-hydrogen) atoms. The van der Waals surface area contributed by atoms with Crippen LogP contribution in [0.15, 0.2) is 52.4 Å². The summed E-state index contributed by atoms with van der Waals surface area (Å²) in [5, 5.41) is 3.29. The predicted molar refractivity (Wildman–Crippen MR) is 90.7 cm³/mol. The van der Waals surface area contributed by atoms with Crippen LogP contribution in [0.1, 0.15) is 16.8 Å². The van der Waals surface area contributed by atoms with Gasteiger partial charge in [0.05, 0.1) is 0 Å². The molecule has 110 valence electrons. The molecule has 4 rings (SSSR count). The number of benzene rings is 2. The van der Waals surface area contributed by atoms with Gasteiger partial charge < -0.3 is 0 Å². The molecule has 3 nitrogen and oxygen atoms in total. The highest BCUT2D eigenvalue weighted by Crippen LogP contribution is 2.24. The maximum absolute atomic E-state index is 12.7. The lowest BCUT2D eigenvalue weighted by Gasteiger charge is -2.11. The van der Waals surface area contributed by atoms with E-state index in [-0.39, 0.29) is 5.56 Å². The largest absolute Gasteiger partial charge is 0.287 e. The quantitative estimate of drug-likeness (QED) is 0.681. The molecule has 0 saturated carbocycles. The number of thioether (sulfide) groups is 1. The van der Waals surface area contributed by atoms with Crippen LogP contribution in [0.5, 0.6) is 0 Å². The summed E-state index contributed by atoms with van der Waals surface area (Å²) in [6.45, 7) is 2.72. The molecule has 0 bridgehead atoms. The molecule has 2 heterocycles. The fourth-order valence-corrected chi connectivity index (χ4v) is 4.04. The highest BCUT2D eigenvalue weighted by atomic mass is 32.2. The van der Waals surface area contributed by atoms with E-state index in [4.69, 9.17) is 0 Å². The maximum atomic E-state index is 12.7. The Hall–Kier alpha value is -2.07. The lowest BCUT2D eigenvalue weighted by Crippen LogP contribution is -2.26. The number of aryl methyl sites for hydroxylation is 1. The zero-order chi connectivity index (χ0) is 15.1. The molecule has 0 N–H and O–H groups in total. The van der Waals surface area contributed by atoms with Gasteiger partial charge in [0.15, 0.2) is 5.16 Å². The Morgan fingerprint density at radius 2 is 2.00 bits per heavy atom. The molecule has 0 spiro atoms. The summed E-state index contributed by atoms with van der Waals surface area (Å²) in [6.07, 6.45) is 0.643. The van der Waals surface area contributed by atoms with E-state index in [9.17, 15) is 4.79 Å². The molecule has 0 radical (unpaired) electrons. The zero-order valence-electron chi connectivity index (χ0n) is 12.4. The minimum atomic E-state index is 0.125. The Balaban J connectivity index is 1.86. The second kappa shape index (κ2) is 5.29. The van der Waals surface area contributed by atoms with Crippen molar-refractivity contribution in [3.05, 3.63) is 69.6 Å². The lowest BCUT2D eigenvalue weighted by atomic mass is 9.98. The highest BCUT2D eigenvalue weighted by Gasteiger charge is 2.19. The van der Waals surface area contributed by atoms with Crippen molar-refractivity contribution in [1.82, 2.24) is 9.55 Å². The molecule has 4 heteroatoms. The minimum Gasteiger partial charge on any atom is -0.287 e. The van der Waals surface area contributed by atoms with Crippen molar-refractivity contribution in [3.63, 3.8) is 0 Å². The van der Waals surface area contributed by atoms with Crippen LogP contribution in [0.4, 0.5) is 0 Å². The number of hydrogen-bond acceptors (Lipinski definition) is 3.